The van der Waals surface area contributed by atoms with E-state index in [1.807, 2.05) is 24.3 Å². The molecule has 6 nitrogen and oxygen atoms in total. The summed E-state index contributed by atoms with van der Waals surface area (Å²) in [5.41, 5.74) is 1.14. The molecule has 0 saturated carbocycles. The van der Waals surface area contributed by atoms with Crippen molar-refractivity contribution in [3.8, 4) is 5.75 Å². The summed E-state index contributed by atoms with van der Waals surface area (Å²) < 4.78 is 38.9. The van der Waals surface area contributed by atoms with E-state index in [1.165, 1.54) is 0 Å². The third-order valence-corrected chi connectivity index (χ3v) is 6.51. The number of hydrogen-bond donors (Lipinski definition) is 2. The van der Waals surface area contributed by atoms with E-state index in [9.17, 15) is 8.42 Å². The Bertz CT molecular complexity index is 642. The summed E-state index contributed by atoms with van der Waals surface area (Å²) in [7, 11) is -1.73. The molecule has 2 heterocycles. The van der Waals surface area contributed by atoms with Crippen molar-refractivity contribution < 1.29 is 17.9 Å². The van der Waals surface area contributed by atoms with Crippen molar-refractivity contribution in [2.24, 2.45) is 0 Å². The fourth-order valence-electron chi connectivity index (χ4n) is 3.69. The molecule has 0 radical (unpaired) electrons. The van der Waals surface area contributed by atoms with Gasteiger partial charge in [-0.15, -0.1) is 0 Å². The summed E-state index contributed by atoms with van der Waals surface area (Å²) in [6.45, 7) is 2.20. The third-order valence-electron chi connectivity index (χ3n) is 5.04. The summed E-state index contributed by atoms with van der Waals surface area (Å²) in [6.07, 6.45) is 3.61. The first-order chi connectivity index (χ1) is 12.1. The van der Waals surface area contributed by atoms with Crippen LogP contribution in [0.2, 0.25) is 0 Å². The minimum Gasteiger partial charge on any atom is -0.497 e. The molecule has 140 valence electrons. The Balaban J connectivity index is 1.67. The van der Waals surface area contributed by atoms with E-state index in [0.29, 0.717) is 13.2 Å². The highest BCUT2D eigenvalue weighted by Gasteiger charge is 2.31. The van der Waals surface area contributed by atoms with Gasteiger partial charge in [0, 0.05) is 25.1 Å². The summed E-state index contributed by atoms with van der Waals surface area (Å²) in [5, 5.41) is 3.30. The molecule has 0 spiro atoms. The van der Waals surface area contributed by atoms with Gasteiger partial charge in [0.15, 0.2) is 0 Å². The zero-order valence-corrected chi connectivity index (χ0v) is 15.6. The van der Waals surface area contributed by atoms with Crippen LogP contribution in [0.4, 0.5) is 0 Å². The molecule has 2 aliphatic rings. The maximum atomic E-state index is 12.6. The number of hydrogen-bond acceptors (Lipinski definition) is 5. The first-order valence-corrected chi connectivity index (χ1v) is 10.7. The normalized spacial score (nSPS) is 27.8. The Hall–Kier alpha value is -1.15. The van der Waals surface area contributed by atoms with Crippen LogP contribution < -0.4 is 14.8 Å². The minimum absolute atomic E-state index is 0.0544. The van der Waals surface area contributed by atoms with Crippen molar-refractivity contribution in [1.82, 2.24) is 10.0 Å². The molecule has 0 aromatic heterocycles. The fraction of sp³-hybridized carbons (Fsp3) is 0.667. The molecule has 2 saturated heterocycles. The van der Waals surface area contributed by atoms with E-state index in [1.54, 1.807) is 7.11 Å². The lowest BCUT2D eigenvalue weighted by Crippen LogP contribution is -2.51. The number of nitrogens with one attached hydrogen (secondary N) is 2. The zero-order valence-electron chi connectivity index (χ0n) is 14.7. The van der Waals surface area contributed by atoms with Gasteiger partial charge in [-0.1, -0.05) is 12.1 Å². The Morgan fingerprint density at radius 1 is 1.24 bits per heavy atom. The van der Waals surface area contributed by atoms with E-state index >= 15 is 0 Å². The lowest BCUT2D eigenvalue weighted by molar-refractivity contribution is 0.0303. The largest absolute Gasteiger partial charge is 0.497 e. The first-order valence-electron chi connectivity index (χ1n) is 9.04. The van der Waals surface area contributed by atoms with Crippen LogP contribution in [0.1, 0.15) is 37.2 Å². The van der Waals surface area contributed by atoms with E-state index in [2.05, 4.69) is 10.0 Å². The topological polar surface area (TPSA) is 76.7 Å². The van der Waals surface area contributed by atoms with Crippen molar-refractivity contribution in [3.63, 3.8) is 0 Å². The number of methoxy groups -OCH3 is 1. The Kier molecular flexibility index (Phi) is 6.33. The van der Waals surface area contributed by atoms with Crippen molar-refractivity contribution >= 4 is 10.0 Å². The van der Waals surface area contributed by atoms with Crippen LogP contribution in [0, 0.1) is 0 Å². The number of rotatable bonds is 6. The average Bonchev–Trinajstić information content (AvgIpc) is 2.62. The molecule has 25 heavy (non-hydrogen) atoms. The Morgan fingerprint density at radius 3 is 2.72 bits per heavy atom. The molecule has 7 heteroatoms. The molecule has 0 amide bonds. The van der Waals surface area contributed by atoms with Gasteiger partial charge in [-0.2, -0.15) is 0 Å². The molecule has 3 unspecified atom stereocenters. The SMILES string of the molecule is COc1ccc(C2CCNCC2NS(=O)(=O)CC2CCCCO2)cc1. The third kappa shape index (κ3) is 5.17. The molecule has 1 aromatic rings. The van der Waals surface area contributed by atoms with Gasteiger partial charge in [-0.25, -0.2) is 13.1 Å². The van der Waals surface area contributed by atoms with Crippen molar-refractivity contribution in [2.75, 3.05) is 32.6 Å². The molecule has 2 N–H and O–H groups in total. The maximum Gasteiger partial charge on any atom is 0.214 e. The molecule has 0 bridgehead atoms. The lowest BCUT2D eigenvalue weighted by Gasteiger charge is -2.33. The molecule has 2 fully saturated rings. The van der Waals surface area contributed by atoms with Gasteiger partial charge >= 0.3 is 0 Å². The minimum atomic E-state index is -3.37. The Morgan fingerprint density at radius 2 is 2.04 bits per heavy atom. The van der Waals surface area contributed by atoms with Gasteiger partial charge in [-0.05, 0) is 49.9 Å². The molecular formula is C18H28N2O4S. The monoisotopic (exact) mass is 368 g/mol. The van der Waals surface area contributed by atoms with Crippen LogP contribution in [-0.4, -0.2) is 53.1 Å². The highest BCUT2D eigenvalue weighted by Crippen LogP contribution is 2.28. The molecule has 3 atom stereocenters. The van der Waals surface area contributed by atoms with Crippen LogP contribution in [0.3, 0.4) is 0 Å². The summed E-state index contributed by atoms with van der Waals surface area (Å²) >= 11 is 0. The second kappa shape index (κ2) is 8.49. The van der Waals surface area contributed by atoms with Crippen molar-refractivity contribution in [3.05, 3.63) is 29.8 Å². The van der Waals surface area contributed by atoms with Crippen LogP contribution in [0.25, 0.3) is 0 Å². The second-order valence-corrected chi connectivity index (χ2v) is 8.67. The summed E-state index contributed by atoms with van der Waals surface area (Å²) in [5.74, 6) is 1.03. The van der Waals surface area contributed by atoms with E-state index in [-0.39, 0.29) is 23.8 Å². The van der Waals surface area contributed by atoms with Crippen LogP contribution in [0.15, 0.2) is 24.3 Å². The zero-order chi connectivity index (χ0) is 17.7. The summed E-state index contributed by atoms with van der Waals surface area (Å²) in [6, 6.07) is 7.77. The van der Waals surface area contributed by atoms with Crippen LogP contribution >= 0.6 is 0 Å². The van der Waals surface area contributed by atoms with E-state index in [0.717, 1.165) is 43.5 Å². The van der Waals surface area contributed by atoms with Crippen LogP contribution in [-0.2, 0) is 14.8 Å². The standard InChI is InChI=1S/C18H28N2O4S/c1-23-15-7-5-14(6-8-15)17-9-10-19-12-18(17)20-25(21,22)13-16-4-2-3-11-24-16/h5-8,16-20H,2-4,9-13H2,1H3. The number of ether oxygens (including phenoxy) is 2. The highest BCUT2D eigenvalue weighted by atomic mass is 32.2. The Labute approximate surface area is 150 Å². The fourth-order valence-corrected chi connectivity index (χ4v) is 5.25. The second-order valence-electron chi connectivity index (χ2n) is 6.87. The smallest absolute Gasteiger partial charge is 0.214 e. The van der Waals surface area contributed by atoms with Crippen molar-refractivity contribution in [2.45, 2.75) is 43.7 Å². The average molecular weight is 368 g/mol. The molecule has 1 aromatic carbocycles. The quantitative estimate of drug-likeness (QED) is 0.798. The molecule has 0 aliphatic carbocycles. The van der Waals surface area contributed by atoms with E-state index in [4.69, 9.17) is 9.47 Å². The predicted molar refractivity (Wildman–Crippen MR) is 97.5 cm³/mol. The maximum absolute atomic E-state index is 12.6. The number of sulfonamides is 1. The summed E-state index contributed by atoms with van der Waals surface area (Å²) in [4.78, 5) is 0. The lowest BCUT2D eigenvalue weighted by atomic mass is 9.86. The van der Waals surface area contributed by atoms with Gasteiger partial charge in [0.25, 0.3) is 0 Å². The van der Waals surface area contributed by atoms with Gasteiger partial charge in [-0.3, -0.25) is 0 Å². The van der Waals surface area contributed by atoms with Gasteiger partial charge in [0.1, 0.15) is 5.75 Å². The number of piperidine rings is 1. The van der Waals surface area contributed by atoms with E-state index < -0.39 is 10.0 Å². The predicted octanol–water partition coefficient (Wildman–Crippen LogP) is 1.63. The molecular weight excluding hydrogens is 340 g/mol. The van der Waals surface area contributed by atoms with Gasteiger partial charge in [0.05, 0.1) is 19.0 Å². The van der Waals surface area contributed by atoms with Crippen molar-refractivity contribution in [1.29, 1.82) is 0 Å². The molecule has 3 rings (SSSR count). The van der Waals surface area contributed by atoms with Crippen LogP contribution in [0.5, 0.6) is 5.75 Å². The van der Waals surface area contributed by atoms with Gasteiger partial charge < -0.3 is 14.8 Å². The molecule has 2 aliphatic heterocycles. The number of benzene rings is 1. The first kappa shape index (κ1) is 18.6. The highest BCUT2D eigenvalue weighted by molar-refractivity contribution is 7.89. The van der Waals surface area contributed by atoms with Gasteiger partial charge in [0.2, 0.25) is 10.0 Å².